The first-order valence-electron chi connectivity index (χ1n) is 5.59. The molecular weight excluding hydrogens is 272 g/mol. The van der Waals surface area contributed by atoms with Gasteiger partial charge in [0.25, 0.3) is 0 Å². The maximum atomic E-state index is 12.0. The summed E-state index contributed by atoms with van der Waals surface area (Å²) in [5.41, 5.74) is 5.85. The molecule has 5 nitrogen and oxygen atoms in total. The Morgan fingerprint density at radius 1 is 1.50 bits per heavy atom. The summed E-state index contributed by atoms with van der Waals surface area (Å²) in [6, 6.07) is 1.47. The molecule has 1 aromatic heterocycles. The Hall–Kier alpha value is -0.630. The number of ether oxygens (including phenoxy) is 1. The number of rotatable bonds is 7. The Morgan fingerprint density at radius 2 is 2.17 bits per heavy atom. The highest BCUT2D eigenvalue weighted by atomic mass is 32.2. The summed E-state index contributed by atoms with van der Waals surface area (Å²) in [4.78, 5) is 0. The van der Waals surface area contributed by atoms with Gasteiger partial charge >= 0.3 is 0 Å². The van der Waals surface area contributed by atoms with Crippen molar-refractivity contribution in [3.05, 3.63) is 11.4 Å². The number of nitrogen functional groups attached to an aromatic ring is 1. The number of hydrogen-bond acceptors (Lipinski definition) is 5. The highest BCUT2D eigenvalue weighted by Crippen LogP contribution is 2.23. The molecule has 0 aliphatic heterocycles. The molecule has 1 rings (SSSR count). The second kappa shape index (κ2) is 6.01. The van der Waals surface area contributed by atoms with Crippen LogP contribution in [0.15, 0.2) is 15.7 Å². The summed E-state index contributed by atoms with van der Waals surface area (Å²) in [7, 11) is -1.82. The van der Waals surface area contributed by atoms with Crippen molar-refractivity contribution in [1.82, 2.24) is 4.72 Å². The van der Waals surface area contributed by atoms with Crippen molar-refractivity contribution < 1.29 is 13.2 Å². The van der Waals surface area contributed by atoms with E-state index < -0.39 is 10.0 Å². The average Bonchev–Trinajstić information content (AvgIpc) is 2.72. The van der Waals surface area contributed by atoms with Crippen LogP contribution < -0.4 is 10.5 Å². The molecule has 0 radical (unpaired) electrons. The van der Waals surface area contributed by atoms with E-state index in [1.165, 1.54) is 6.07 Å². The van der Waals surface area contributed by atoms with Crippen molar-refractivity contribution in [2.24, 2.45) is 5.41 Å². The molecule has 0 bridgehead atoms. The van der Waals surface area contributed by atoms with Crippen molar-refractivity contribution in [3.8, 4) is 0 Å². The molecule has 0 spiro atoms. The summed E-state index contributed by atoms with van der Waals surface area (Å²) in [5.74, 6) is 0. The lowest BCUT2D eigenvalue weighted by atomic mass is 9.90. The van der Waals surface area contributed by atoms with E-state index in [0.717, 1.165) is 17.8 Å². The number of sulfonamides is 1. The SMILES string of the molecule is COCCC(C)(C)CNS(=O)(=O)c1cc(N)cs1. The predicted molar refractivity (Wildman–Crippen MR) is 74.2 cm³/mol. The summed E-state index contributed by atoms with van der Waals surface area (Å²) in [6.45, 7) is 4.98. The summed E-state index contributed by atoms with van der Waals surface area (Å²) < 4.78 is 31.8. The Morgan fingerprint density at radius 3 is 2.67 bits per heavy atom. The molecule has 1 aromatic rings. The number of hydrogen-bond donors (Lipinski definition) is 2. The van der Waals surface area contributed by atoms with E-state index >= 15 is 0 Å². The van der Waals surface area contributed by atoms with Crippen molar-refractivity contribution in [1.29, 1.82) is 0 Å². The molecule has 18 heavy (non-hydrogen) atoms. The fourth-order valence-electron chi connectivity index (χ4n) is 1.30. The number of thiophene rings is 1. The largest absolute Gasteiger partial charge is 0.398 e. The van der Waals surface area contributed by atoms with Gasteiger partial charge in [0.15, 0.2) is 0 Å². The van der Waals surface area contributed by atoms with E-state index in [2.05, 4.69) is 4.72 Å². The Balaban J connectivity index is 2.62. The topological polar surface area (TPSA) is 81.4 Å². The van der Waals surface area contributed by atoms with Crippen LogP contribution in [-0.2, 0) is 14.8 Å². The first-order chi connectivity index (χ1) is 8.27. The third-order valence-electron chi connectivity index (χ3n) is 2.58. The number of nitrogens with one attached hydrogen (secondary N) is 1. The maximum Gasteiger partial charge on any atom is 0.250 e. The minimum Gasteiger partial charge on any atom is -0.398 e. The van der Waals surface area contributed by atoms with Gasteiger partial charge in [-0.15, -0.1) is 11.3 Å². The Bertz CT molecular complexity index is 480. The summed E-state index contributed by atoms with van der Waals surface area (Å²) in [6.07, 6.45) is 0.790. The molecule has 0 saturated heterocycles. The minimum absolute atomic E-state index is 0.147. The van der Waals surface area contributed by atoms with Crippen LogP contribution in [0.4, 0.5) is 5.69 Å². The predicted octanol–water partition coefficient (Wildman–Crippen LogP) is 1.67. The maximum absolute atomic E-state index is 12.0. The van der Waals surface area contributed by atoms with E-state index in [-0.39, 0.29) is 9.62 Å². The smallest absolute Gasteiger partial charge is 0.250 e. The van der Waals surface area contributed by atoms with Crippen molar-refractivity contribution in [3.63, 3.8) is 0 Å². The van der Waals surface area contributed by atoms with Crippen LogP contribution in [0.25, 0.3) is 0 Å². The van der Waals surface area contributed by atoms with E-state index in [4.69, 9.17) is 10.5 Å². The lowest BCUT2D eigenvalue weighted by molar-refractivity contribution is 0.153. The quantitative estimate of drug-likeness (QED) is 0.801. The van der Waals surface area contributed by atoms with Gasteiger partial charge in [0.1, 0.15) is 4.21 Å². The van der Waals surface area contributed by atoms with Gasteiger partial charge in [-0.2, -0.15) is 0 Å². The number of methoxy groups -OCH3 is 1. The molecule has 0 atom stereocenters. The van der Waals surface area contributed by atoms with Crippen LogP contribution >= 0.6 is 11.3 Å². The Kier molecular flexibility index (Phi) is 5.15. The van der Waals surface area contributed by atoms with Gasteiger partial charge in [-0.3, -0.25) is 0 Å². The molecule has 7 heteroatoms. The van der Waals surface area contributed by atoms with Crippen LogP contribution in [0.1, 0.15) is 20.3 Å². The molecule has 0 unspecified atom stereocenters. The first kappa shape index (κ1) is 15.4. The van der Waals surface area contributed by atoms with Crippen LogP contribution in [0.2, 0.25) is 0 Å². The minimum atomic E-state index is -3.45. The van der Waals surface area contributed by atoms with Crippen molar-refractivity contribution in [2.75, 3.05) is 26.0 Å². The molecule has 0 aliphatic carbocycles. The molecule has 0 amide bonds. The molecule has 0 aromatic carbocycles. The molecular formula is C11H20N2O3S2. The third kappa shape index (κ3) is 4.56. The molecule has 0 saturated carbocycles. The fraction of sp³-hybridized carbons (Fsp3) is 0.636. The van der Waals surface area contributed by atoms with E-state index in [1.54, 1.807) is 12.5 Å². The molecule has 1 heterocycles. The second-order valence-corrected chi connectivity index (χ2v) is 7.84. The zero-order valence-corrected chi connectivity index (χ0v) is 12.5. The van der Waals surface area contributed by atoms with Gasteiger partial charge in [0, 0.05) is 31.3 Å². The molecule has 104 valence electrons. The Labute approximate surface area is 112 Å². The average molecular weight is 292 g/mol. The standard InChI is InChI=1S/C11H20N2O3S2/c1-11(2,4-5-16-3)8-13-18(14,15)10-6-9(12)7-17-10/h6-7,13H,4-5,8,12H2,1-3H3. The van der Waals surface area contributed by atoms with E-state index in [0.29, 0.717) is 18.8 Å². The summed E-state index contributed by atoms with van der Waals surface area (Å²) >= 11 is 1.12. The van der Waals surface area contributed by atoms with E-state index in [9.17, 15) is 8.42 Å². The number of anilines is 1. The van der Waals surface area contributed by atoms with Gasteiger partial charge < -0.3 is 10.5 Å². The molecule has 0 aliphatic rings. The van der Waals surface area contributed by atoms with Gasteiger partial charge in [-0.1, -0.05) is 13.8 Å². The van der Waals surface area contributed by atoms with Crippen LogP contribution in [0.3, 0.4) is 0 Å². The monoisotopic (exact) mass is 292 g/mol. The van der Waals surface area contributed by atoms with Crippen LogP contribution in [0.5, 0.6) is 0 Å². The van der Waals surface area contributed by atoms with Crippen molar-refractivity contribution >= 4 is 27.0 Å². The first-order valence-corrected chi connectivity index (χ1v) is 7.96. The van der Waals surface area contributed by atoms with Crippen LogP contribution in [0, 0.1) is 5.41 Å². The van der Waals surface area contributed by atoms with E-state index in [1.807, 2.05) is 13.8 Å². The fourth-order valence-corrected chi connectivity index (χ4v) is 3.67. The highest BCUT2D eigenvalue weighted by Gasteiger charge is 2.23. The van der Waals surface area contributed by atoms with Gasteiger partial charge in [-0.05, 0) is 17.9 Å². The zero-order valence-electron chi connectivity index (χ0n) is 10.9. The molecule has 0 fully saturated rings. The van der Waals surface area contributed by atoms with Gasteiger partial charge in [0.05, 0.1) is 0 Å². The summed E-state index contributed by atoms with van der Waals surface area (Å²) in [5, 5.41) is 1.62. The van der Waals surface area contributed by atoms with Gasteiger partial charge in [-0.25, -0.2) is 13.1 Å². The highest BCUT2D eigenvalue weighted by molar-refractivity contribution is 7.91. The van der Waals surface area contributed by atoms with Gasteiger partial charge in [0.2, 0.25) is 10.0 Å². The lowest BCUT2D eigenvalue weighted by Gasteiger charge is -2.24. The third-order valence-corrected chi connectivity index (χ3v) is 5.44. The zero-order chi connectivity index (χ0) is 13.8. The van der Waals surface area contributed by atoms with Crippen molar-refractivity contribution in [2.45, 2.75) is 24.5 Å². The van der Waals surface area contributed by atoms with Crippen LogP contribution in [-0.4, -0.2) is 28.7 Å². The second-order valence-electron chi connectivity index (χ2n) is 4.93. The molecule has 3 N–H and O–H groups in total. The number of nitrogens with two attached hydrogens (primary N) is 1. The normalized spacial score (nSPS) is 12.8. The lowest BCUT2D eigenvalue weighted by Crippen LogP contribution is -2.34.